The molecule has 1 aromatic carbocycles. The molecule has 4 heteroatoms. The Kier molecular flexibility index (Phi) is 4.78. The van der Waals surface area contributed by atoms with Gasteiger partial charge in [-0.3, -0.25) is 4.79 Å². The lowest BCUT2D eigenvalue weighted by atomic mass is 10.1. The van der Waals surface area contributed by atoms with Gasteiger partial charge in [-0.05, 0) is 43.4 Å². The summed E-state index contributed by atoms with van der Waals surface area (Å²) >= 11 is 3.41. The highest BCUT2D eigenvalue weighted by molar-refractivity contribution is 9.10. The summed E-state index contributed by atoms with van der Waals surface area (Å²) in [5, 5.41) is 6.19. The molecule has 2 N–H and O–H groups in total. The van der Waals surface area contributed by atoms with Crippen molar-refractivity contribution < 1.29 is 4.79 Å². The van der Waals surface area contributed by atoms with Gasteiger partial charge in [0.15, 0.2) is 0 Å². The fourth-order valence-corrected chi connectivity index (χ4v) is 2.02. The molecule has 0 saturated heterocycles. The van der Waals surface area contributed by atoms with Gasteiger partial charge in [0.05, 0.1) is 6.54 Å². The summed E-state index contributed by atoms with van der Waals surface area (Å²) in [7, 11) is 0. The van der Waals surface area contributed by atoms with Gasteiger partial charge in [0.25, 0.3) is 0 Å². The van der Waals surface area contributed by atoms with Crippen LogP contribution in [0, 0.1) is 5.92 Å². The summed E-state index contributed by atoms with van der Waals surface area (Å²) in [5.74, 6) is 0.823. The minimum Gasteiger partial charge on any atom is -0.355 e. The lowest BCUT2D eigenvalue weighted by Gasteiger charge is -2.14. The van der Waals surface area contributed by atoms with Gasteiger partial charge in [-0.25, -0.2) is 0 Å². The zero-order valence-corrected chi connectivity index (χ0v) is 12.2. The van der Waals surface area contributed by atoms with Crippen molar-refractivity contribution in [2.45, 2.75) is 25.8 Å². The molecular weight excluding hydrogens is 292 g/mol. The van der Waals surface area contributed by atoms with E-state index < -0.39 is 0 Å². The van der Waals surface area contributed by atoms with E-state index in [1.807, 2.05) is 12.1 Å². The Morgan fingerprint density at radius 2 is 2.06 bits per heavy atom. The van der Waals surface area contributed by atoms with Crippen LogP contribution >= 0.6 is 15.9 Å². The summed E-state index contributed by atoms with van der Waals surface area (Å²) in [6.07, 6.45) is 2.53. The van der Waals surface area contributed by atoms with Crippen molar-refractivity contribution in [2.75, 3.05) is 13.1 Å². The summed E-state index contributed by atoms with van der Waals surface area (Å²) in [6, 6.07) is 8.33. The van der Waals surface area contributed by atoms with Crippen molar-refractivity contribution in [2.24, 2.45) is 5.92 Å². The number of nitrogens with one attached hydrogen (secondary N) is 2. The monoisotopic (exact) mass is 310 g/mol. The summed E-state index contributed by atoms with van der Waals surface area (Å²) < 4.78 is 1.07. The number of amides is 1. The number of rotatable bonds is 6. The number of halogens is 1. The Balaban J connectivity index is 1.71. The number of hydrogen-bond donors (Lipinski definition) is 2. The van der Waals surface area contributed by atoms with E-state index in [0.29, 0.717) is 6.54 Å². The number of carbonyl (C=O) groups excluding carboxylic acids is 1. The molecule has 1 aromatic rings. The third-order valence-corrected chi connectivity index (χ3v) is 3.75. The normalized spacial score (nSPS) is 16.3. The van der Waals surface area contributed by atoms with Gasteiger partial charge in [-0.15, -0.1) is 0 Å². The molecule has 0 aromatic heterocycles. The van der Waals surface area contributed by atoms with E-state index in [2.05, 4.69) is 45.6 Å². The molecule has 0 heterocycles. The maximum Gasteiger partial charge on any atom is 0.233 e. The van der Waals surface area contributed by atoms with Gasteiger partial charge in [-0.2, -0.15) is 0 Å². The third kappa shape index (κ3) is 4.42. The van der Waals surface area contributed by atoms with E-state index in [4.69, 9.17) is 0 Å². The molecule has 18 heavy (non-hydrogen) atoms. The molecule has 0 aliphatic heterocycles. The highest BCUT2D eigenvalue weighted by Crippen LogP contribution is 2.27. The van der Waals surface area contributed by atoms with Gasteiger partial charge in [0.1, 0.15) is 0 Å². The molecule has 98 valence electrons. The second kappa shape index (κ2) is 6.34. The van der Waals surface area contributed by atoms with Crippen molar-refractivity contribution >= 4 is 21.8 Å². The number of carbonyl (C=O) groups is 1. The molecule has 1 atom stereocenters. The largest absolute Gasteiger partial charge is 0.355 e. The van der Waals surface area contributed by atoms with E-state index >= 15 is 0 Å². The first-order valence-corrected chi connectivity index (χ1v) is 7.20. The Morgan fingerprint density at radius 1 is 1.39 bits per heavy atom. The van der Waals surface area contributed by atoms with Crippen LogP contribution in [0.15, 0.2) is 28.7 Å². The molecule has 1 aliphatic rings. The zero-order chi connectivity index (χ0) is 13.0. The fourth-order valence-electron chi connectivity index (χ4n) is 1.76. The Morgan fingerprint density at radius 3 is 2.67 bits per heavy atom. The second-order valence-corrected chi connectivity index (χ2v) is 5.82. The summed E-state index contributed by atoms with van der Waals surface area (Å²) in [4.78, 5) is 11.6. The van der Waals surface area contributed by atoms with E-state index in [1.165, 1.54) is 18.4 Å². The third-order valence-electron chi connectivity index (χ3n) is 3.22. The van der Waals surface area contributed by atoms with E-state index in [0.717, 1.165) is 16.9 Å². The van der Waals surface area contributed by atoms with Crippen molar-refractivity contribution in [3.8, 4) is 0 Å². The molecule has 0 radical (unpaired) electrons. The molecule has 3 nitrogen and oxygen atoms in total. The molecule has 0 unspecified atom stereocenters. The molecule has 0 spiro atoms. The van der Waals surface area contributed by atoms with E-state index in [1.54, 1.807) is 0 Å². The average Bonchev–Trinajstić information content (AvgIpc) is 3.18. The quantitative estimate of drug-likeness (QED) is 0.848. The molecular formula is C14H19BrN2O. The average molecular weight is 311 g/mol. The first-order chi connectivity index (χ1) is 8.65. The van der Waals surface area contributed by atoms with Crippen molar-refractivity contribution in [1.82, 2.24) is 10.6 Å². The standard InChI is InChI=1S/C14H19BrN2O/c1-10(12-4-6-13(15)7-5-12)16-9-14(18)17-8-11-2-3-11/h4-7,10-11,16H,2-3,8-9H2,1H3,(H,17,18)/t10-/m1/s1. The predicted octanol–water partition coefficient (Wildman–Crippen LogP) is 2.63. The first-order valence-electron chi connectivity index (χ1n) is 6.40. The molecule has 1 saturated carbocycles. The number of benzene rings is 1. The van der Waals surface area contributed by atoms with E-state index in [9.17, 15) is 4.79 Å². The zero-order valence-electron chi connectivity index (χ0n) is 10.6. The molecule has 1 aliphatic carbocycles. The van der Waals surface area contributed by atoms with Gasteiger partial charge in [0, 0.05) is 17.1 Å². The van der Waals surface area contributed by atoms with Crippen LogP contribution in [0.2, 0.25) is 0 Å². The Labute approximate surface area is 116 Å². The molecule has 0 bridgehead atoms. The maximum absolute atomic E-state index is 11.6. The maximum atomic E-state index is 11.6. The topological polar surface area (TPSA) is 41.1 Å². The minimum atomic E-state index is 0.0888. The highest BCUT2D eigenvalue weighted by Gasteiger charge is 2.21. The van der Waals surface area contributed by atoms with Crippen LogP contribution < -0.4 is 10.6 Å². The van der Waals surface area contributed by atoms with E-state index in [-0.39, 0.29) is 11.9 Å². The van der Waals surface area contributed by atoms with Crippen LogP contribution in [0.1, 0.15) is 31.4 Å². The highest BCUT2D eigenvalue weighted by atomic mass is 79.9. The van der Waals surface area contributed by atoms with Crippen molar-refractivity contribution in [1.29, 1.82) is 0 Å². The second-order valence-electron chi connectivity index (χ2n) is 4.90. The SMILES string of the molecule is C[C@@H](NCC(=O)NCC1CC1)c1ccc(Br)cc1. The molecule has 2 rings (SSSR count). The fraction of sp³-hybridized carbons (Fsp3) is 0.500. The van der Waals surface area contributed by atoms with Crippen molar-refractivity contribution in [3.05, 3.63) is 34.3 Å². The first kappa shape index (κ1) is 13.6. The van der Waals surface area contributed by atoms with Crippen molar-refractivity contribution in [3.63, 3.8) is 0 Å². The van der Waals surface area contributed by atoms with Crippen LogP contribution in [-0.4, -0.2) is 19.0 Å². The van der Waals surface area contributed by atoms with Gasteiger partial charge >= 0.3 is 0 Å². The predicted molar refractivity (Wildman–Crippen MR) is 76.3 cm³/mol. The Hall–Kier alpha value is -0.870. The van der Waals surface area contributed by atoms with Crippen LogP contribution in [-0.2, 0) is 4.79 Å². The number of hydrogen-bond acceptors (Lipinski definition) is 2. The van der Waals surface area contributed by atoms with Crippen LogP contribution in [0.3, 0.4) is 0 Å². The summed E-state index contributed by atoms with van der Waals surface area (Å²) in [5.41, 5.74) is 1.19. The lowest BCUT2D eigenvalue weighted by molar-refractivity contribution is -0.120. The Bertz CT molecular complexity index is 401. The van der Waals surface area contributed by atoms with Crippen LogP contribution in [0.4, 0.5) is 0 Å². The molecule has 1 fully saturated rings. The van der Waals surface area contributed by atoms with Gasteiger partial charge in [0.2, 0.25) is 5.91 Å². The summed E-state index contributed by atoms with van der Waals surface area (Å²) in [6.45, 7) is 3.29. The van der Waals surface area contributed by atoms with Gasteiger partial charge in [-0.1, -0.05) is 28.1 Å². The van der Waals surface area contributed by atoms with Crippen LogP contribution in [0.5, 0.6) is 0 Å². The smallest absolute Gasteiger partial charge is 0.233 e. The molecule has 1 amide bonds. The van der Waals surface area contributed by atoms with Gasteiger partial charge < -0.3 is 10.6 Å². The minimum absolute atomic E-state index is 0.0888. The lowest BCUT2D eigenvalue weighted by Crippen LogP contribution is -2.36. The van der Waals surface area contributed by atoms with Crippen LogP contribution in [0.25, 0.3) is 0 Å².